The summed E-state index contributed by atoms with van der Waals surface area (Å²) >= 11 is 1.44. The number of rotatable bonds is 6. The molecule has 8 heteroatoms. The third-order valence-corrected chi connectivity index (χ3v) is 6.70. The number of hydrogen-bond acceptors (Lipinski definition) is 7. The highest BCUT2D eigenvalue weighted by Gasteiger charge is 2.28. The average Bonchev–Trinajstić information content (AvgIpc) is 3.11. The van der Waals surface area contributed by atoms with Crippen LogP contribution in [0.5, 0.6) is 5.75 Å². The highest BCUT2D eigenvalue weighted by Crippen LogP contribution is 2.38. The summed E-state index contributed by atoms with van der Waals surface area (Å²) in [6.45, 7) is 5.49. The quantitative estimate of drug-likeness (QED) is 0.430. The molecule has 32 heavy (non-hydrogen) atoms. The van der Waals surface area contributed by atoms with Gasteiger partial charge in [-0.15, -0.1) is 11.3 Å². The molecule has 0 fully saturated rings. The number of carbonyl (C=O) groups excluding carboxylic acids is 2. The lowest BCUT2D eigenvalue weighted by molar-refractivity contribution is -0.122. The second-order valence-electron chi connectivity index (χ2n) is 7.79. The Labute approximate surface area is 189 Å². The van der Waals surface area contributed by atoms with Crippen LogP contribution < -0.4 is 15.7 Å². The van der Waals surface area contributed by atoms with Crippen LogP contribution in [0.4, 0.5) is 5.00 Å². The first-order valence-electron chi connectivity index (χ1n) is 10.7. The van der Waals surface area contributed by atoms with Crippen LogP contribution in [0.3, 0.4) is 0 Å². The minimum Gasteiger partial charge on any atom is -0.481 e. The predicted octanol–water partition coefficient (Wildman–Crippen LogP) is 4.62. The van der Waals surface area contributed by atoms with Crippen LogP contribution >= 0.6 is 11.3 Å². The first-order valence-corrected chi connectivity index (χ1v) is 11.5. The van der Waals surface area contributed by atoms with Crippen molar-refractivity contribution in [3.63, 3.8) is 0 Å². The fraction of sp³-hybridized carbons (Fsp3) is 0.375. The van der Waals surface area contributed by atoms with Gasteiger partial charge in [0.25, 0.3) is 5.91 Å². The summed E-state index contributed by atoms with van der Waals surface area (Å²) in [6, 6.07) is 6.55. The van der Waals surface area contributed by atoms with Crippen molar-refractivity contribution in [2.45, 2.75) is 52.6 Å². The Morgan fingerprint density at radius 3 is 2.78 bits per heavy atom. The Bertz CT molecular complexity index is 1240. The normalized spacial score (nSPS) is 14.0. The van der Waals surface area contributed by atoms with E-state index in [0.29, 0.717) is 21.9 Å². The van der Waals surface area contributed by atoms with Crippen LogP contribution in [-0.4, -0.2) is 24.6 Å². The molecule has 0 saturated carbocycles. The number of thiophene rings is 1. The Morgan fingerprint density at radius 1 is 1.22 bits per heavy atom. The fourth-order valence-corrected chi connectivity index (χ4v) is 5.20. The van der Waals surface area contributed by atoms with Crippen LogP contribution in [0.15, 0.2) is 33.5 Å². The van der Waals surface area contributed by atoms with E-state index < -0.39 is 17.7 Å². The number of esters is 1. The zero-order chi connectivity index (χ0) is 22.8. The van der Waals surface area contributed by atoms with Gasteiger partial charge >= 0.3 is 11.6 Å². The highest BCUT2D eigenvalue weighted by molar-refractivity contribution is 7.17. The number of aryl methyl sites for hydroxylation is 2. The molecule has 3 aromatic rings. The van der Waals surface area contributed by atoms with E-state index in [9.17, 15) is 14.4 Å². The largest absolute Gasteiger partial charge is 0.481 e. The maximum atomic E-state index is 12.9. The van der Waals surface area contributed by atoms with Crippen molar-refractivity contribution in [2.24, 2.45) is 0 Å². The molecule has 1 amide bonds. The third kappa shape index (κ3) is 4.41. The molecule has 0 bridgehead atoms. The SMILES string of the molecule is CCOC(=O)c1c(NC(=O)C(C)Oc2ccc3c(C)cc(=O)oc3c2)sc2c1CCCC2. The van der Waals surface area contributed by atoms with Gasteiger partial charge in [-0.2, -0.15) is 0 Å². The van der Waals surface area contributed by atoms with Gasteiger partial charge in [-0.3, -0.25) is 4.79 Å². The Kier molecular flexibility index (Phi) is 6.32. The number of amides is 1. The van der Waals surface area contributed by atoms with E-state index in [4.69, 9.17) is 13.9 Å². The van der Waals surface area contributed by atoms with E-state index in [0.717, 1.165) is 47.1 Å². The lowest BCUT2D eigenvalue weighted by Gasteiger charge is -2.15. The van der Waals surface area contributed by atoms with Gasteiger partial charge in [0.05, 0.1) is 12.2 Å². The topological polar surface area (TPSA) is 94.8 Å². The van der Waals surface area contributed by atoms with Crippen molar-refractivity contribution < 1.29 is 23.5 Å². The van der Waals surface area contributed by atoms with Gasteiger partial charge < -0.3 is 19.2 Å². The van der Waals surface area contributed by atoms with Crippen molar-refractivity contribution in [1.82, 2.24) is 0 Å². The first kappa shape index (κ1) is 22.1. The average molecular weight is 456 g/mol. The molecule has 1 aliphatic rings. The molecule has 1 aromatic carbocycles. The smallest absolute Gasteiger partial charge is 0.341 e. The molecule has 0 saturated heterocycles. The number of benzene rings is 1. The summed E-state index contributed by atoms with van der Waals surface area (Å²) in [4.78, 5) is 38.3. The highest BCUT2D eigenvalue weighted by atomic mass is 32.1. The minimum atomic E-state index is -0.835. The van der Waals surface area contributed by atoms with Crippen LogP contribution in [-0.2, 0) is 22.4 Å². The molecular weight excluding hydrogens is 430 g/mol. The van der Waals surface area contributed by atoms with Gasteiger partial charge in [0, 0.05) is 22.4 Å². The van der Waals surface area contributed by atoms with E-state index in [1.807, 2.05) is 6.92 Å². The second-order valence-corrected chi connectivity index (χ2v) is 8.90. The summed E-state index contributed by atoms with van der Waals surface area (Å²) in [6.07, 6.45) is 2.96. The summed E-state index contributed by atoms with van der Waals surface area (Å²) < 4.78 is 16.3. The summed E-state index contributed by atoms with van der Waals surface area (Å²) in [5.41, 5.74) is 2.22. The molecule has 0 radical (unpaired) electrons. The molecular formula is C24H25NO6S. The van der Waals surface area contributed by atoms with Gasteiger partial charge in [-0.1, -0.05) is 0 Å². The zero-order valence-electron chi connectivity index (χ0n) is 18.3. The maximum Gasteiger partial charge on any atom is 0.341 e. The number of fused-ring (bicyclic) bond motifs is 2. The van der Waals surface area contributed by atoms with Crippen molar-refractivity contribution in [2.75, 3.05) is 11.9 Å². The summed E-state index contributed by atoms with van der Waals surface area (Å²) in [7, 11) is 0. The molecule has 0 spiro atoms. The molecule has 4 rings (SSSR count). The van der Waals surface area contributed by atoms with Crippen LogP contribution in [0, 0.1) is 6.92 Å². The van der Waals surface area contributed by atoms with Gasteiger partial charge in [0.15, 0.2) is 6.10 Å². The van der Waals surface area contributed by atoms with Crippen LogP contribution in [0.25, 0.3) is 11.0 Å². The number of nitrogens with one attached hydrogen (secondary N) is 1. The summed E-state index contributed by atoms with van der Waals surface area (Å²) in [5, 5.41) is 4.18. The molecule has 1 aliphatic carbocycles. The van der Waals surface area contributed by atoms with E-state index in [2.05, 4.69) is 5.32 Å². The molecule has 2 aromatic heterocycles. The number of hydrogen-bond donors (Lipinski definition) is 1. The fourth-order valence-electron chi connectivity index (χ4n) is 3.92. The van der Waals surface area contributed by atoms with Crippen molar-refractivity contribution in [1.29, 1.82) is 0 Å². The molecule has 168 valence electrons. The lowest BCUT2D eigenvalue weighted by Crippen LogP contribution is -2.30. The third-order valence-electron chi connectivity index (χ3n) is 5.49. The second kappa shape index (κ2) is 9.16. The molecule has 2 heterocycles. The molecule has 1 N–H and O–H groups in total. The molecule has 7 nitrogen and oxygen atoms in total. The van der Waals surface area contributed by atoms with Crippen molar-refractivity contribution in [3.8, 4) is 5.75 Å². The van der Waals surface area contributed by atoms with E-state index in [1.54, 1.807) is 32.0 Å². The predicted molar refractivity (Wildman–Crippen MR) is 123 cm³/mol. The first-order chi connectivity index (χ1) is 15.4. The van der Waals surface area contributed by atoms with Gasteiger partial charge in [-0.25, -0.2) is 9.59 Å². The van der Waals surface area contributed by atoms with Crippen LogP contribution in [0.2, 0.25) is 0 Å². The maximum absolute atomic E-state index is 12.9. The van der Waals surface area contributed by atoms with E-state index >= 15 is 0 Å². The minimum absolute atomic E-state index is 0.272. The van der Waals surface area contributed by atoms with Gasteiger partial charge in [-0.05, 0) is 69.7 Å². The van der Waals surface area contributed by atoms with E-state index in [1.165, 1.54) is 17.4 Å². The number of carbonyl (C=O) groups is 2. The molecule has 1 atom stereocenters. The van der Waals surface area contributed by atoms with E-state index in [-0.39, 0.29) is 12.5 Å². The number of ether oxygens (including phenoxy) is 2. The Morgan fingerprint density at radius 2 is 2.00 bits per heavy atom. The number of anilines is 1. The molecule has 0 aliphatic heterocycles. The van der Waals surface area contributed by atoms with Gasteiger partial charge in [0.2, 0.25) is 0 Å². The van der Waals surface area contributed by atoms with Gasteiger partial charge in [0.1, 0.15) is 16.3 Å². The lowest BCUT2D eigenvalue weighted by atomic mass is 9.95. The van der Waals surface area contributed by atoms with Crippen molar-refractivity contribution in [3.05, 3.63) is 56.3 Å². The zero-order valence-corrected chi connectivity index (χ0v) is 19.1. The standard InChI is InChI=1S/C24H25NO6S/c1-4-29-24(28)21-17-7-5-6-8-19(17)32-23(21)25-22(27)14(3)30-15-9-10-16-13(2)11-20(26)31-18(16)12-15/h9-12,14H,4-8H2,1-3H3,(H,25,27). The summed E-state index contributed by atoms with van der Waals surface area (Å²) in [5.74, 6) is -0.374. The Balaban J connectivity index is 1.54. The monoisotopic (exact) mass is 455 g/mol. The molecule has 1 unspecified atom stereocenters. The van der Waals surface area contributed by atoms with Crippen LogP contribution in [0.1, 0.15) is 53.1 Å². The van der Waals surface area contributed by atoms with Crippen molar-refractivity contribution >= 4 is 39.2 Å². The Hall–Kier alpha value is -3.13.